The summed E-state index contributed by atoms with van der Waals surface area (Å²) < 4.78 is 50.7. The molecule has 34 heavy (non-hydrogen) atoms. The minimum Gasteiger partial charge on any atom is -0.484 e. The van der Waals surface area contributed by atoms with Crippen LogP contribution in [0.3, 0.4) is 0 Å². The first-order valence-corrected chi connectivity index (χ1v) is 10.1. The van der Waals surface area contributed by atoms with E-state index in [1.54, 1.807) is 36.4 Å². The lowest BCUT2D eigenvalue weighted by molar-refractivity contribution is -0.137. The molecule has 0 unspecified atom stereocenters. The molecule has 0 aliphatic heterocycles. The molecule has 174 valence electrons. The monoisotopic (exact) mass is 468 g/mol. The fraction of sp³-hybridized carbons (Fsp3) is 0.125. The van der Waals surface area contributed by atoms with E-state index in [1.165, 1.54) is 23.9 Å². The summed E-state index contributed by atoms with van der Waals surface area (Å²) in [6.07, 6.45) is -4.43. The molecule has 7 nitrogen and oxygen atoms in total. The zero-order chi connectivity index (χ0) is 24.1. The van der Waals surface area contributed by atoms with Crippen molar-refractivity contribution in [3.8, 4) is 28.8 Å². The molecule has 0 fully saturated rings. The maximum Gasteiger partial charge on any atom is 0.416 e. The molecular formula is C24H19F3N4O3. The van der Waals surface area contributed by atoms with Crippen LogP contribution in [-0.4, -0.2) is 34.4 Å². The first-order chi connectivity index (χ1) is 16.3. The summed E-state index contributed by atoms with van der Waals surface area (Å²) >= 11 is 0. The molecule has 0 bridgehead atoms. The SMILES string of the molecule is COc1nc(-c2ccc(C(F)(F)F)cc2)n(-c2ccc(NC(=O)COc3ccccc3)cc2)n1. The number of nitrogens with one attached hydrogen (secondary N) is 1. The minimum absolute atomic E-state index is 0.0605. The lowest BCUT2D eigenvalue weighted by Crippen LogP contribution is -2.20. The number of ether oxygens (including phenoxy) is 2. The molecule has 0 saturated carbocycles. The van der Waals surface area contributed by atoms with Gasteiger partial charge in [0.2, 0.25) is 0 Å². The van der Waals surface area contributed by atoms with Crippen LogP contribution in [0.5, 0.6) is 11.8 Å². The second-order valence-corrected chi connectivity index (χ2v) is 7.11. The van der Waals surface area contributed by atoms with Crippen LogP contribution < -0.4 is 14.8 Å². The fourth-order valence-electron chi connectivity index (χ4n) is 3.10. The second-order valence-electron chi connectivity index (χ2n) is 7.11. The molecule has 0 saturated heterocycles. The molecule has 1 aromatic heterocycles. The molecule has 1 amide bonds. The number of benzene rings is 3. The Kier molecular flexibility index (Phi) is 6.48. The first-order valence-electron chi connectivity index (χ1n) is 10.1. The van der Waals surface area contributed by atoms with Crippen LogP contribution in [0.25, 0.3) is 17.1 Å². The highest BCUT2D eigenvalue weighted by Gasteiger charge is 2.30. The fourth-order valence-corrected chi connectivity index (χ4v) is 3.10. The third kappa shape index (κ3) is 5.34. The highest BCUT2D eigenvalue weighted by molar-refractivity contribution is 5.92. The minimum atomic E-state index is -4.43. The molecule has 10 heteroatoms. The molecule has 0 radical (unpaired) electrons. The lowest BCUT2D eigenvalue weighted by Gasteiger charge is -2.10. The molecule has 1 heterocycles. The number of para-hydroxylation sites is 1. The first kappa shape index (κ1) is 22.8. The highest BCUT2D eigenvalue weighted by atomic mass is 19.4. The van der Waals surface area contributed by atoms with Gasteiger partial charge >= 0.3 is 12.2 Å². The number of carbonyl (C=O) groups is 1. The van der Waals surface area contributed by atoms with E-state index < -0.39 is 11.7 Å². The summed E-state index contributed by atoms with van der Waals surface area (Å²) in [7, 11) is 1.40. The number of amides is 1. The quantitative estimate of drug-likeness (QED) is 0.414. The number of anilines is 1. The van der Waals surface area contributed by atoms with Crippen LogP contribution in [0.1, 0.15) is 5.56 Å². The maximum absolute atomic E-state index is 12.9. The second kappa shape index (κ2) is 9.65. The Balaban J connectivity index is 1.50. The van der Waals surface area contributed by atoms with Gasteiger partial charge in [-0.25, -0.2) is 4.68 Å². The van der Waals surface area contributed by atoms with Crippen LogP contribution >= 0.6 is 0 Å². The van der Waals surface area contributed by atoms with Crippen molar-refractivity contribution in [2.75, 3.05) is 19.0 Å². The van der Waals surface area contributed by atoms with E-state index in [1.807, 2.05) is 18.2 Å². The molecule has 0 aliphatic rings. The molecule has 0 spiro atoms. The summed E-state index contributed by atoms with van der Waals surface area (Å²) in [4.78, 5) is 16.4. The van der Waals surface area contributed by atoms with Gasteiger partial charge in [0.1, 0.15) is 5.75 Å². The topological polar surface area (TPSA) is 78.3 Å². The Bertz CT molecular complexity index is 1260. The molecular weight excluding hydrogens is 449 g/mol. The van der Waals surface area contributed by atoms with Gasteiger partial charge in [0.05, 0.1) is 18.4 Å². The third-order valence-electron chi connectivity index (χ3n) is 4.75. The van der Waals surface area contributed by atoms with E-state index in [-0.39, 0.29) is 18.5 Å². The lowest BCUT2D eigenvalue weighted by atomic mass is 10.1. The van der Waals surface area contributed by atoms with Crippen LogP contribution in [0.15, 0.2) is 78.9 Å². The Morgan fingerprint density at radius 1 is 0.971 bits per heavy atom. The normalized spacial score (nSPS) is 11.2. The summed E-state index contributed by atoms with van der Waals surface area (Å²) in [5.41, 5.74) is 0.780. The summed E-state index contributed by atoms with van der Waals surface area (Å²) in [5, 5.41) is 6.99. The van der Waals surface area contributed by atoms with Gasteiger partial charge in [-0.1, -0.05) is 30.3 Å². The molecule has 1 N–H and O–H groups in total. The van der Waals surface area contributed by atoms with Gasteiger partial charge < -0.3 is 14.8 Å². The number of nitrogens with zero attached hydrogens (tertiary/aromatic N) is 3. The van der Waals surface area contributed by atoms with Gasteiger partial charge in [-0.15, -0.1) is 5.10 Å². The number of hydrogen-bond donors (Lipinski definition) is 1. The van der Waals surface area contributed by atoms with Gasteiger partial charge in [0, 0.05) is 11.3 Å². The number of methoxy groups -OCH3 is 1. The summed E-state index contributed by atoms with van der Waals surface area (Å²) in [5.74, 6) is 0.562. The summed E-state index contributed by atoms with van der Waals surface area (Å²) in [6.45, 7) is -0.149. The number of alkyl halides is 3. The highest BCUT2D eigenvalue weighted by Crippen LogP contribution is 2.31. The number of rotatable bonds is 7. The Morgan fingerprint density at radius 3 is 2.26 bits per heavy atom. The van der Waals surface area contributed by atoms with Gasteiger partial charge in [-0.2, -0.15) is 18.2 Å². The van der Waals surface area contributed by atoms with Crippen LogP contribution in [0, 0.1) is 0 Å². The van der Waals surface area contributed by atoms with Crippen LogP contribution in [-0.2, 0) is 11.0 Å². The van der Waals surface area contributed by atoms with Crippen molar-refractivity contribution < 1.29 is 27.4 Å². The van der Waals surface area contributed by atoms with Crippen molar-refractivity contribution in [2.45, 2.75) is 6.18 Å². The van der Waals surface area contributed by atoms with E-state index in [9.17, 15) is 18.0 Å². The Morgan fingerprint density at radius 2 is 1.65 bits per heavy atom. The van der Waals surface area contributed by atoms with Gasteiger partial charge in [0.25, 0.3) is 5.91 Å². The van der Waals surface area contributed by atoms with E-state index >= 15 is 0 Å². The standard InChI is InChI=1S/C24H19F3N4O3/c1-33-23-29-22(16-7-9-17(10-8-16)24(25,26)27)31(30-23)19-13-11-18(12-14-19)28-21(32)15-34-20-5-3-2-4-6-20/h2-14H,15H2,1H3,(H,28,32). The van der Waals surface area contributed by atoms with Crippen molar-refractivity contribution in [2.24, 2.45) is 0 Å². The zero-order valence-electron chi connectivity index (χ0n) is 17.9. The molecule has 4 rings (SSSR count). The molecule has 3 aromatic carbocycles. The van der Waals surface area contributed by atoms with E-state index in [4.69, 9.17) is 9.47 Å². The summed E-state index contributed by atoms with van der Waals surface area (Å²) in [6, 6.07) is 20.4. The predicted molar refractivity (Wildman–Crippen MR) is 119 cm³/mol. The number of hydrogen-bond acceptors (Lipinski definition) is 5. The van der Waals surface area contributed by atoms with E-state index in [0.717, 1.165) is 12.1 Å². The van der Waals surface area contributed by atoms with Crippen LogP contribution in [0.4, 0.5) is 18.9 Å². The average molecular weight is 468 g/mol. The molecule has 0 aliphatic carbocycles. The van der Waals surface area contributed by atoms with E-state index in [0.29, 0.717) is 28.5 Å². The molecule has 4 aromatic rings. The number of halogens is 3. The third-order valence-corrected chi connectivity index (χ3v) is 4.75. The average Bonchev–Trinajstić information content (AvgIpc) is 3.28. The predicted octanol–water partition coefficient (Wildman–Crippen LogP) is 4.98. The van der Waals surface area contributed by atoms with Crippen molar-refractivity contribution in [1.29, 1.82) is 0 Å². The largest absolute Gasteiger partial charge is 0.484 e. The maximum atomic E-state index is 12.9. The van der Waals surface area contributed by atoms with Crippen molar-refractivity contribution in [3.63, 3.8) is 0 Å². The molecule has 0 atom stereocenters. The van der Waals surface area contributed by atoms with Crippen molar-refractivity contribution in [3.05, 3.63) is 84.4 Å². The smallest absolute Gasteiger partial charge is 0.416 e. The van der Waals surface area contributed by atoms with Gasteiger partial charge in [-0.05, 0) is 48.5 Å². The van der Waals surface area contributed by atoms with Gasteiger partial charge in [0.15, 0.2) is 12.4 Å². The van der Waals surface area contributed by atoms with E-state index in [2.05, 4.69) is 15.4 Å². The Hall–Kier alpha value is -4.34. The van der Waals surface area contributed by atoms with Crippen molar-refractivity contribution in [1.82, 2.24) is 14.8 Å². The van der Waals surface area contributed by atoms with Crippen molar-refractivity contribution >= 4 is 11.6 Å². The Labute approximate surface area is 192 Å². The van der Waals surface area contributed by atoms with Crippen LogP contribution in [0.2, 0.25) is 0 Å². The number of carbonyl (C=O) groups excluding carboxylic acids is 1. The zero-order valence-corrected chi connectivity index (χ0v) is 17.9. The number of aromatic nitrogens is 3. The van der Waals surface area contributed by atoms with Gasteiger partial charge in [-0.3, -0.25) is 4.79 Å².